The van der Waals surface area contributed by atoms with E-state index >= 15 is 0 Å². The Morgan fingerprint density at radius 1 is 1.33 bits per heavy atom. The molecule has 3 heterocycles. The molecule has 1 aliphatic heterocycles. The molecule has 10 nitrogen and oxygen atoms in total. The van der Waals surface area contributed by atoms with Crippen LogP contribution in [0, 0.1) is 6.92 Å². The molecule has 0 spiro atoms. The van der Waals surface area contributed by atoms with Crippen molar-refractivity contribution in [2.45, 2.75) is 70.2 Å². The highest BCUT2D eigenvalue weighted by molar-refractivity contribution is 7.93. The fourth-order valence-corrected chi connectivity index (χ4v) is 6.64. The molecule has 0 amide bonds. The molecule has 33 heavy (non-hydrogen) atoms. The molecule has 0 bridgehead atoms. The van der Waals surface area contributed by atoms with Crippen molar-refractivity contribution in [1.29, 1.82) is 0 Å². The number of methoxy groups -OCH3 is 1. The lowest BCUT2D eigenvalue weighted by molar-refractivity contribution is 0.117. The molecule has 2 aromatic rings. The molecule has 0 radical (unpaired) electrons. The zero-order chi connectivity index (χ0) is 24.0. The Kier molecular flexibility index (Phi) is 6.69. The number of aromatic nitrogens is 3. The Hall–Kier alpha value is -1.83. The molecule has 12 heteroatoms. The second-order valence-electron chi connectivity index (χ2n) is 9.24. The van der Waals surface area contributed by atoms with Crippen molar-refractivity contribution in [3.63, 3.8) is 0 Å². The van der Waals surface area contributed by atoms with E-state index in [1.807, 2.05) is 20.8 Å². The first kappa shape index (κ1) is 24.3. The van der Waals surface area contributed by atoms with Crippen molar-refractivity contribution in [1.82, 2.24) is 24.6 Å². The van der Waals surface area contributed by atoms with Crippen molar-refractivity contribution in [2.75, 3.05) is 13.7 Å². The fraction of sp³-hybridized carbons (Fsp3) is 0.619. The number of hydrogen-bond donors (Lipinski definition) is 4. The number of allylic oxidation sites excluding steroid dienone is 2. The van der Waals surface area contributed by atoms with E-state index in [1.54, 1.807) is 16.8 Å². The highest BCUT2D eigenvalue weighted by Crippen LogP contribution is 2.33. The monoisotopic (exact) mass is 497 g/mol. The second-order valence-corrected chi connectivity index (χ2v) is 11.9. The van der Waals surface area contributed by atoms with Crippen LogP contribution in [0.1, 0.15) is 55.9 Å². The van der Waals surface area contributed by atoms with Gasteiger partial charge in [-0.05, 0) is 38.7 Å². The van der Waals surface area contributed by atoms with Gasteiger partial charge in [0.15, 0.2) is 6.23 Å². The molecule has 0 saturated heterocycles. The van der Waals surface area contributed by atoms with Gasteiger partial charge >= 0.3 is 0 Å². The first-order valence-corrected chi connectivity index (χ1v) is 13.2. The minimum absolute atomic E-state index is 0.0517. The molecule has 1 unspecified atom stereocenters. The van der Waals surface area contributed by atoms with Gasteiger partial charge in [0.2, 0.25) is 15.0 Å². The maximum Gasteiger partial charge on any atom is 0.241 e. The lowest BCUT2D eigenvalue weighted by Crippen LogP contribution is -2.44. The number of hydrogen-bond acceptors (Lipinski definition) is 9. The zero-order valence-electron chi connectivity index (χ0n) is 19.2. The van der Waals surface area contributed by atoms with Crippen molar-refractivity contribution in [3.8, 4) is 0 Å². The molecule has 1 fully saturated rings. The van der Waals surface area contributed by atoms with Crippen LogP contribution in [-0.4, -0.2) is 65.3 Å². The maximum atomic E-state index is 13.3. The summed E-state index contributed by atoms with van der Waals surface area (Å²) in [6.07, 6.45) is 4.43. The fourth-order valence-electron chi connectivity index (χ4n) is 4.06. The number of dihydropyridines is 1. The number of nitrogens with one attached hydrogen (secondary N) is 2. The summed E-state index contributed by atoms with van der Waals surface area (Å²) in [5.74, 6) is 0. The summed E-state index contributed by atoms with van der Waals surface area (Å²) in [6, 6.07) is -0.226. The number of sulfonamides is 1. The summed E-state index contributed by atoms with van der Waals surface area (Å²) < 4.78 is 36.5. The van der Waals surface area contributed by atoms with E-state index in [2.05, 4.69) is 20.1 Å². The minimum atomic E-state index is -3.85. The van der Waals surface area contributed by atoms with Gasteiger partial charge in [0.1, 0.15) is 9.91 Å². The van der Waals surface area contributed by atoms with Gasteiger partial charge in [0.25, 0.3) is 0 Å². The quantitative estimate of drug-likeness (QED) is 0.450. The zero-order valence-corrected chi connectivity index (χ0v) is 20.8. The smallest absolute Gasteiger partial charge is 0.241 e. The minimum Gasteiger partial charge on any atom is -0.395 e. The molecular formula is C21H31N5O5S2. The topological polar surface area (TPSA) is 138 Å². The van der Waals surface area contributed by atoms with Crippen LogP contribution in [0.5, 0.6) is 0 Å². The SMILES string of the molecule is COC1NC=C(c2c(C)nc3sc(C(C)(C)CO)nn23)C=C1S(=O)(=O)N[C@H]1CC[C@@H](O)CC1. The van der Waals surface area contributed by atoms with Gasteiger partial charge in [-0.3, -0.25) is 0 Å². The largest absolute Gasteiger partial charge is 0.395 e. The van der Waals surface area contributed by atoms with Crippen LogP contribution >= 0.6 is 11.3 Å². The number of fused-ring (bicyclic) bond motifs is 1. The molecule has 182 valence electrons. The molecule has 4 N–H and O–H groups in total. The van der Waals surface area contributed by atoms with Gasteiger partial charge in [0.05, 0.1) is 24.1 Å². The molecule has 2 aromatic heterocycles. The predicted octanol–water partition coefficient (Wildman–Crippen LogP) is 1.39. The first-order valence-electron chi connectivity index (χ1n) is 10.9. The van der Waals surface area contributed by atoms with Crippen molar-refractivity contribution >= 4 is 31.9 Å². The Morgan fingerprint density at radius 2 is 2.03 bits per heavy atom. The Bertz CT molecular complexity index is 1190. The van der Waals surface area contributed by atoms with E-state index in [1.165, 1.54) is 18.4 Å². The summed E-state index contributed by atoms with van der Waals surface area (Å²) in [6.45, 7) is 5.61. The van der Waals surface area contributed by atoms with Gasteiger partial charge in [-0.1, -0.05) is 25.2 Å². The normalized spacial score (nSPS) is 24.5. The summed E-state index contributed by atoms with van der Waals surface area (Å²) in [7, 11) is -2.41. The number of nitrogens with zero attached hydrogens (tertiary/aromatic N) is 3. The van der Waals surface area contributed by atoms with Crippen LogP contribution < -0.4 is 10.0 Å². The lowest BCUT2D eigenvalue weighted by atomic mass is 9.94. The highest BCUT2D eigenvalue weighted by Gasteiger charge is 2.34. The summed E-state index contributed by atoms with van der Waals surface area (Å²) >= 11 is 1.40. The molecular weight excluding hydrogens is 466 g/mol. The molecule has 1 aliphatic carbocycles. The molecule has 1 saturated carbocycles. The van der Waals surface area contributed by atoms with Crippen LogP contribution in [0.25, 0.3) is 10.5 Å². The van der Waals surface area contributed by atoms with Crippen LogP contribution in [0.4, 0.5) is 0 Å². The van der Waals surface area contributed by atoms with Crippen LogP contribution in [0.2, 0.25) is 0 Å². The Labute approximate surface area is 197 Å². The Balaban J connectivity index is 1.70. The van der Waals surface area contributed by atoms with Crippen molar-refractivity contribution < 1.29 is 23.4 Å². The van der Waals surface area contributed by atoms with Crippen LogP contribution in [0.3, 0.4) is 0 Å². The molecule has 2 aliphatic rings. The average molecular weight is 498 g/mol. The summed E-state index contributed by atoms with van der Waals surface area (Å²) in [5.41, 5.74) is 1.50. The number of aliphatic hydroxyl groups is 2. The number of rotatable bonds is 7. The van der Waals surface area contributed by atoms with Gasteiger partial charge in [-0.25, -0.2) is 22.6 Å². The van der Waals surface area contributed by atoms with Crippen LogP contribution in [-0.2, 0) is 20.2 Å². The third kappa shape index (κ3) is 4.73. The van der Waals surface area contributed by atoms with Crippen molar-refractivity contribution in [2.24, 2.45) is 0 Å². The van der Waals surface area contributed by atoms with Gasteiger partial charge in [-0.2, -0.15) is 5.10 Å². The predicted molar refractivity (Wildman–Crippen MR) is 126 cm³/mol. The van der Waals surface area contributed by atoms with E-state index in [9.17, 15) is 18.6 Å². The van der Waals surface area contributed by atoms with E-state index < -0.39 is 21.7 Å². The number of imidazole rings is 1. The number of ether oxygens (including phenoxy) is 1. The maximum absolute atomic E-state index is 13.3. The van der Waals surface area contributed by atoms with E-state index in [4.69, 9.17) is 4.74 Å². The number of aryl methyl sites for hydroxylation is 1. The summed E-state index contributed by atoms with van der Waals surface area (Å²) in [4.78, 5) is 5.35. The molecule has 0 aromatic carbocycles. The van der Waals surface area contributed by atoms with Gasteiger partial charge in [0, 0.05) is 30.3 Å². The highest BCUT2D eigenvalue weighted by atomic mass is 32.2. The third-order valence-electron chi connectivity index (χ3n) is 6.14. The standard InChI is InChI=1S/C21H31N5O5S2/c1-12-17(26-20(23-12)32-19(24-26)21(2,3)11-27)13-9-16(18(31-4)22-10-13)33(29,30)25-14-5-7-15(28)8-6-14/h9-10,14-15,18,22,25,27-28H,5-8,11H2,1-4H3/t14-,15+,18?. The van der Waals surface area contributed by atoms with Crippen molar-refractivity contribution in [3.05, 3.63) is 33.6 Å². The van der Waals surface area contributed by atoms with Crippen LogP contribution in [0.15, 0.2) is 17.2 Å². The van der Waals surface area contributed by atoms with Gasteiger partial charge < -0.3 is 20.3 Å². The average Bonchev–Trinajstić information content (AvgIpc) is 3.32. The Morgan fingerprint density at radius 3 is 2.67 bits per heavy atom. The first-order chi connectivity index (χ1) is 15.6. The number of aliphatic hydroxyl groups excluding tert-OH is 2. The summed E-state index contributed by atoms with van der Waals surface area (Å²) in [5, 5.41) is 27.9. The molecule has 1 atom stereocenters. The lowest BCUT2D eigenvalue weighted by Gasteiger charge is -2.29. The second kappa shape index (κ2) is 9.08. The third-order valence-corrected chi connectivity index (χ3v) is 9.01. The molecule has 4 rings (SSSR count). The van der Waals surface area contributed by atoms with E-state index in [0.717, 1.165) is 5.01 Å². The van der Waals surface area contributed by atoms with Gasteiger partial charge in [-0.15, -0.1) is 0 Å². The van der Waals surface area contributed by atoms with E-state index in [0.29, 0.717) is 47.6 Å². The van der Waals surface area contributed by atoms with E-state index in [-0.39, 0.29) is 23.7 Å².